The molecular weight excluding hydrogens is 940 g/mol. The number of esters is 2. The third-order valence-corrected chi connectivity index (χ3v) is 15.0. The number of carboxylic acids is 1. The maximum Gasteiger partial charge on any atom is 0.311 e. The van der Waals surface area contributed by atoms with Crippen molar-refractivity contribution in [3.63, 3.8) is 0 Å². The van der Waals surface area contributed by atoms with Crippen LogP contribution in [-0.4, -0.2) is 87.2 Å². The second kappa shape index (κ2) is 23.8. The molecule has 5 N–H and O–H groups in total. The van der Waals surface area contributed by atoms with Gasteiger partial charge in [0, 0.05) is 77.6 Å². The van der Waals surface area contributed by atoms with Gasteiger partial charge in [0.25, 0.3) is 0 Å². The van der Waals surface area contributed by atoms with Gasteiger partial charge in [-0.25, -0.2) is 39.4 Å². The Hall–Kier alpha value is -3.04. The first-order valence-corrected chi connectivity index (χ1v) is 22.9. The standard InChI is InChI=1S/C38H51N3O13S3.4CH4.Y/c1-8-11-17-53-36(46)38(5,21-23(9-2)34(43)44)22-37(4,10-3)35(45)54-18-16-41-57(51,52)31-20-30(56(49,50)40-7)26-13-12-24-28(42)19-29(55(47,48)39-6)25-14-15-27(31)33(26)32(24)25;;;;;/h12-15,19-20,23,39-42H,8-11,16-18,21-22H2,1-7H3,(H,43,44);4*1H4;. The number of unbranched alkanes of at least 4 members (excludes halogenated alkanes) is 1. The van der Waals surface area contributed by atoms with Gasteiger partial charge in [0.05, 0.1) is 38.0 Å². The number of sulfonamides is 3. The molecule has 62 heavy (non-hydrogen) atoms. The Kier molecular flexibility index (Phi) is 23.4. The van der Waals surface area contributed by atoms with E-state index in [9.17, 15) is 49.9 Å². The molecule has 1 radical (unpaired) electrons. The van der Waals surface area contributed by atoms with Crippen LogP contribution in [0.1, 0.15) is 103 Å². The molecule has 0 saturated carbocycles. The molecule has 0 spiro atoms. The number of phenolic OH excluding ortho intramolecular Hbond substituents is 1. The Labute approximate surface area is 394 Å². The molecule has 16 nitrogen and oxygen atoms in total. The SMILES string of the molecule is C.C.C.C.CCCCOC(=O)C(C)(CC(CC)C(=O)O)CC(C)(CC)C(=O)OCCNS(=O)(=O)c1cc(S(=O)(=O)NC)c2ccc3c(O)cc(S(=O)(=O)NC)c4ccc1c2c34.[Y]. The Balaban J connectivity index is 0. The summed E-state index contributed by atoms with van der Waals surface area (Å²) in [5.74, 6) is -3.77. The Morgan fingerprint density at radius 3 is 1.58 bits per heavy atom. The molecule has 4 aromatic carbocycles. The summed E-state index contributed by atoms with van der Waals surface area (Å²) in [6, 6.07) is 7.57. The summed E-state index contributed by atoms with van der Waals surface area (Å²) < 4.78 is 98.5. The van der Waals surface area contributed by atoms with Crippen LogP contribution in [0.15, 0.2) is 51.1 Å². The molecule has 0 fully saturated rings. The van der Waals surface area contributed by atoms with Crippen molar-refractivity contribution in [2.75, 3.05) is 33.9 Å². The van der Waals surface area contributed by atoms with Crippen molar-refractivity contribution in [3.8, 4) is 5.75 Å². The van der Waals surface area contributed by atoms with Gasteiger partial charge in [-0.1, -0.05) is 75.1 Å². The molecule has 349 valence electrons. The first-order chi connectivity index (χ1) is 26.6. The number of nitrogens with one attached hydrogen (secondary N) is 3. The number of aromatic hydroxyl groups is 1. The van der Waals surface area contributed by atoms with Crippen molar-refractivity contribution in [2.45, 2.75) is 118 Å². The second-order valence-electron chi connectivity index (χ2n) is 14.6. The summed E-state index contributed by atoms with van der Waals surface area (Å²) in [6.45, 7) is 7.70. The van der Waals surface area contributed by atoms with E-state index in [1.165, 1.54) is 31.3 Å². The quantitative estimate of drug-likeness (QED) is 0.0317. The van der Waals surface area contributed by atoms with E-state index in [0.717, 1.165) is 25.6 Å². The number of phenols is 1. The Morgan fingerprint density at radius 2 is 1.13 bits per heavy atom. The predicted molar refractivity (Wildman–Crippen MR) is 240 cm³/mol. The van der Waals surface area contributed by atoms with Crippen LogP contribution >= 0.6 is 0 Å². The van der Waals surface area contributed by atoms with E-state index in [-0.39, 0.29) is 132 Å². The number of aliphatic carboxylic acids is 1. The van der Waals surface area contributed by atoms with Crippen molar-refractivity contribution >= 4 is 80.3 Å². The average Bonchev–Trinajstić information content (AvgIpc) is 3.17. The number of benzene rings is 4. The number of hydrogen-bond acceptors (Lipinski definition) is 12. The second-order valence-corrected chi connectivity index (χ2v) is 20.0. The van der Waals surface area contributed by atoms with Crippen LogP contribution in [0, 0.1) is 16.7 Å². The van der Waals surface area contributed by atoms with E-state index in [4.69, 9.17) is 9.47 Å². The Morgan fingerprint density at radius 1 is 0.694 bits per heavy atom. The van der Waals surface area contributed by atoms with Crippen LogP contribution in [0.5, 0.6) is 5.75 Å². The van der Waals surface area contributed by atoms with E-state index in [1.54, 1.807) is 27.7 Å². The largest absolute Gasteiger partial charge is 0.507 e. The fourth-order valence-corrected chi connectivity index (χ4v) is 10.4. The zero-order valence-corrected chi connectivity index (χ0v) is 38.9. The van der Waals surface area contributed by atoms with Crippen molar-refractivity contribution in [1.29, 1.82) is 0 Å². The van der Waals surface area contributed by atoms with Gasteiger partial charge in [0.2, 0.25) is 30.1 Å². The van der Waals surface area contributed by atoms with E-state index in [2.05, 4.69) is 14.2 Å². The van der Waals surface area contributed by atoms with E-state index >= 15 is 0 Å². The fraction of sp³-hybridized carbons (Fsp3) is 0.548. The zero-order valence-electron chi connectivity index (χ0n) is 33.6. The van der Waals surface area contributed by atoms with Gasteiger partial charge in [-0.2, -0.15) is 0 Å². The number of carbonyl (C=O) groups is 3. The molecule has 0 amide bonds. The number of hydrogen-bond donors (Lipinski definition) is 5. The summed E-state index contributed by atoms with van der Waals surface area (Å²) in [7, 11) is -10.7. The summed E-state index contributed by atoms with van der Waals surface area (Å²) in [5, 5.41) is 21.2. The van der Waals surface area contributed by atoms with Crippen LogP contribution in [0.25, 0.3) is 32.3 Å². The molecule has 4 rings (SSSR count). The van der Waals surface area contributed by atoms with Gasteiger partial charge in [0.1, 0.15) is 12.4 Å². The summed E-state index contributed by atoms with van der Waals surface area (Å²) in [6.07, 6.45) is 1.63. The van der Waals surface area contributed by atoms with Crippen LogP contribution in [0.2, 0.25) is 0 Å². The van der Waals surface area contributed by atoms with Gasteiger partial charge in [-0.15, -0.1) is 0 Å². The van der Waals surface area contributed by atoms with E-state index in [0.29, 0.717) is 6.42 Å². The number of ether oxygens (including phenoxy) is 2. The molecule has 3 unspecified atom stereocenters. The molecule has 0 saturated heterocycles. The third kappa shape index (κ3) is 12.4. The molecule has 0 heterocycles. The van der Waals surface area contributed by atoms with Crippen molar-refractivity contribution in [1.82, 2.24) is 14.2 Å². The zero-order chi connectivity index (χ0) is 42.7. The number of carboxylic acid groups (broad SMARTS) is 1. The van der Waals surface area contributed by atoms with Crippen LogP contribution in [0.3, 0.4) is 0 Å². The van der Waals surface area contributed by atoms with Gasteiger partial charge in [-0.05, 0) is 72.2 Å². The van der Waals surface area contributed by atoms with E-state index in [1.807, 2.05) is 6.92 Å². The first kappa shape index (κ1) is 61.1. The number of carbonyl (C=O) groups excluding carboxylic acids is 2. The topological polar surface area (TPSA) is 249 Å². The molecule has 0 aromatic heterocycles. The molecule has 20 heteroatoms. The average molecular weight is 1010 g/mol. The monoisotopic (exact) mass is 1010 g/mol. The molecule has 0 aliphatic rings. The van der Waals surface area contributed by atoms with Gasteiger partial charge in [-0.3, -0.25) is 14.4 Å². The Bertz CT molecular complexity index is 2520. The molecule has 3 atom stereocenters. The van der Waals surface area contributed by atoms with Gasteiger partial charge < -0.3 is 19.7 Å². The van der Waals surface area contributed by atoms with Crippen LogP contribution in [-0.2, 0) is 86.6 Å². The van der Waals surface area contributed by atoms with Crippen molar-refractivity contribution in [3.05, 3.63) is 36.4 Å². The van der Waals surface area contributed by atoms with Crippen molar-refractivity contribution in [2.24, 2.45) is 16.7 Å². The molecule has 0 aliphatic carbocycles. The number of rotatable bonds is 21. The third-order valence-electron chi connectivity index (χ3n) is 10.6. The minimum atomic E-state index is -4.59. The summed E-state index contributed by atoms with van der Waals surface area (Å²) in [4.78, 5) is 37.8. The predicted octanol–water partition coefficient (Wildman–Crippen LogP) is 7.13. The maximum atomic E-state index is 14.0. The molecule has 0 bridgehead atoms. The minimum Gasteiger partial charge on any atom is -0.507 e. The smallest absolute Gasteiger partial charge is 0.311 e. The first-order valence-electron chi connectivity index (χ1n) is 18.5. The molecule has 0 aliphatic heterocycles. The van der Waals surface area contributed by atoms with Gasteiger partial charge in [0.15, 0.2) is 0 Å². The summed E-state index contributed by atoms with van der Waals surface area (Å²) in [5.41, 5.74) is -2.67. The van der Waals surface area contributed by atoms with Crippen LogP contribution < -0.4 is 14.2 Å². The van der Waals surface area contributed by atoms with Gasteiger partial charge >= 0.3 is 17.9 Å². The van der Waals surface area contributed by atoms with Crippen molar-refractivity contribution < 1.29 is 92.0 Å². The normalized spacial score (nSPS) is 14.1. The van der Waals surface area contributed by atoms with E-state index < -0.39 is 93.4 Å². The minimum absolute atomic E-state index is 0. The molecular formula is C42H67N3O13S3Y. The molecule has 4 aromatic rings. The fourth-order valence-electron chi connectivity index (χ4n) is 7.20. The maximum absolute atomic E-state index is 14.0. The summed E-state index contributed by atoms with van der Waals surface area (Å²) >= 11 is 0. The van der Waals surface area contributed by atoms with Crippen LogP contribution in [0.4, 0.5) is 0 Å².